The zero-order valence-corrected chi connectivity index (χ0v) is 11.4. The fourth-order valence-electron chi connectivity index (χ4n) is 1.86. The first kappa shape index (κ1) is 13.2. The predicted molar refractivity (Wildman–Crippen MR) is 74.0 cm³/mol. The monoisotopic (exact) mass is 271 g/mol. The van der Waals surface area contributed by atoms with E-state index in [-0.39, 0.29) is 0 Å². The van der Waals surface area contributed by atoms with Crippen molar-refractivity contribution in [3.8, 4) is 0 Å². The van der Waals surface area contributed by atoms with Crippen LogP contribution in [0.5, 0.6) is 0 Å². The maximum absolute atomic E-state index is 5.84. The first-order chi connectivity index (χ1) is 8.34. The molecule has 1 N–H and O–H groups in total. The average molecular weight is 272 g/mol. The Labute approximate surface area is 112 Å². The minimum atomic E-state index is 0.648. The molecule has 1 fully saturated rings. The molecule has 2 nitrogen and oxygen atoms in total. The number of nitrogens with one attached hydrogen (secondary N) is 1. The molecule has 1 aromatic rings. The molecule has 0 aromatic heterocycles. The lowest BCUT2D eigenvalue weighted by molar-refractivity contribution is 0.0786. The molecule has 0 amide bonds. The van der Waals surface area contributed by atoms with Crippen LogP contribution >= 0.6 is 23.4 Å². The molecular formula is C13H18ClNOS. The van der Waals surface area contributed by atoms with Crippen LogP contribution in [-0.4, -0.2) is 31.6 Å². The van der Waals surface area contributed by atoms with Gasteiger partial charge in [0, 0.05) is 41.5 Å². The maximum Gasteiger partial charge on any atom is 0.0480 e. The van der Waals surface area contributed by atoms with Gasteiger partial charge in [0.15, 0.2) is 0 Å². The third-order valence-corrected chi connectivity index (χ3v) is 4.10. The smallest absolute Gasteiger partial charge is 0.0480 e. The molecule has 1 aliphatic heterocycles. The van der Waals surface area contributed by atoms with Crippen molar-refractivity contribution in [3.05, 3.63) is 29.3 Å². The molecule has 0 unspecified atom stereocenters. The highest BCUT2D eigenvalue weighted by molar-refractivity contribution is 7.99. The van der Waals surface area contributed by atoms with Crippen molar-refractivity contribution in [2.24, 2.45) is 0 Å². The van der Waals surface area contributed by atoms with Crippen LogP contribution in [0.25, 0.3) is 0 Å². The molecule has 4 heteroatoms. The van der Waals surface area contributed by atoms with Gasteiger partial charge in [-0.2, -0.15) is 0 Å². The Bertz CT molecular complexity index is 325. The summed E-state index contributed by atoms with van der Waals surface area (Å²) in [6.45, 7) is 2.86. The second-order valence-corrected chi connectivity index (χ2v) is 5.75. The highest BCUT2D eigenvalue weighted by Gasteiger charge is 2.11. The number of ether oxygens (including phenoxy) is 1. The SMILES string of the molecule is Clc1ccc(SCCNC2CCOCC2)cc1. The third kappa shape index (κ3) is 4.88. The predicted octanol–water partition coefficient (Wildman–Crippen LogP) is 3.20. The van der Waals surface area contributed by atoms with Crippen molar-refractivity contribution in [1.82, 2.24) is 5.32 Å². The quantitative estimate of drug-likeness (QED) is 0.656. The number of halogens is 1. The summed E-state index contributed by atoms with van der Waals surface area (Å²) in [5.74, 6) is 1.10. The first-order valence-corrected chi connectivity index (χ1v) is 7.40. The van der Waals surface area contributed by atoms with E-state index in [1.807, 2.05) is 23.9 Å². The van der Waals surface area contributed by atoms with E-state index in [1.54, 1.807) is 0 Å². The molecule has 94 valence electrons. The van der Waals surface area contributed by atoms with Gasteiger partial charge in [-0.25, -0.2) is 0 Å². The van der Waals surface area contributed by atoms with E-state index < -0.39 is 0 Å². The second-order valence-electron chi connectivity index (χ2n) is 4.14. The summed E-state index contributed by atoms with van der Waals surface area (Å²) in [6.07, 6.45) is 2.29. The average Bonchev–Trinajstić information content (AvgIpc) is 2.38. The van der Waals surface area contributed by atoms with E-state index in [0.29, 0.717) is 6.04 Å². The van der Waals surface area contributed by atoms with Crippen molar-refractivity contribution < 1.29 is 4.74 Å². The van der Waals surface area contributed by atoms with Crippen molar-refractivity contribution in [1.29, 1.82) is 0 Å². The lowest BCUT2D eigenvalue weighted by Crippen LogP contribution is -2.35. The molecule has 0 aliphatic carbocycles. The molecule has 1 aliphatic rings. The van der Waals surface area contributed by atoms with Gasteiger partial charge in [-0.1, -0.05) is 11.6 Å². The number of thioether (sulfide) groups is 1. The Morgan fingerprint density at radius 1 is 1.24 bits per heavy atom. The van der Waals surface area contributed by atoms with Crippen LogP contribution in [0.3, 0.4) is 0 Å². The van der Waals surface area contributed by atoms with Gasteiger partial charge in [-0.3, -0.25) is 0 Å². The van der Waals surface area contributed by atoms with Crippen LogP contribution in [0.15, 0.2) is 29.2 Å². The number of benzene rings is 1. The van der Waals surface area contributed by atoms with Gasteiger partial charge >= 0.3 is 0 Å². The van der Waals surface area contributed by atoms with Crippen LogP contribution in [-0.2, 0) is 4.74 Å². The van der Waals surface area contributed by atoms with Gasteiger partial charge in [-0.15, -0.1) is 11.8 Å². The molecule has 0 spiro atoms. The Morgan fingerprint density at radius 2 is 1.94 bits per heavy atom. The summed E-state index contributed by atoms with van der Waals surface area (Å²) < 4.78 is 5.33. The van der Waals surface area contributed by atoms with Crippen molar-refractivity contribution >= 4 is 23.4 Å². The first-order valence-electron chi connectivity index (χ1n) is 6.04. The summed E-state index contributed by atoms with van der Waals surface area (Å²) in [6, 6.07) is 8.67. The Balaban J connectivity index is 1.60. The van der Waals surface area contributed by atoms with Crippen LogP contribution in [0.2, 0.25) is 5.02 Å². The van der Waals surface area contributed by atoms with E-state index in [2.05, 4.69) is 17.4 Å². The fourth-order valence-corrected chi connectivity index (χ4v) is 2.77. The molecule has 0 atom stereocenters. The largest absolute Gasteiger partial charge is 0.381 e. The molecule has 0 radical (unpaired) electrons. The van der Waals surface area contributed by atoms with E-state index in [9.17, 15) is 0 Å². The minimum absolute atomic E-state index is 0.648. The minimum Gasteiger partial charge on any atom is -0.381 e. The van der Waals surface area contributed by atoms with E-state index in [0.717, 1.165) is 43.4 Å². The molecule has 1 heterocycles. The summed E-state index contributed by atoms with van der Waals surface area (Å²) in [5.41, 5.74) is 0. The lowest BCUT2D eigenvalue weighted by Gasteiger charge is -2.23. The van der Waals surface area contributed by atoms with Crippen molar-refractivity contribution in [3.63, 3.8) is 0 Å². The van der Waals surface area contributed by atoms with E-state index in [4.69, 9.17) is 16.3 Å². The number of rotatable bonds is 5. The summed E-state index contributed by atoms with van der Waals surface area (Å²) in [4.78, 5) is 1.28. The van der Waals surface area contributed by atoms with Crippen molar-refractivity contribution in [2.45, 2.75) is 23.8 Å². The van der Waals surface area contributed by atoms with Gasteiger partial charge in [0.2, 0.25) is 0 Å². The second kappa shape index (κ2) is 7.27. The maximum atomic E-state index is 5.84. The normalized spacial score (nSPS) is 17.2. The molecule has 2 rings (SSSR count). The standard InChI is InChI=1S/C13H18ClNOS/c14-11-1-3-13(4-2-11)17-10-7-15-12-5-8-16-9-6-12/h1-4,12,15H,5-10H2. The zero-order valence-electron chi connectivity index (χ0n) is 9.82. The van der Waals surface area contributed by atoms with Gasteiger partial charge in [0.1, 0.15) is 0 Å². The van der Waals surface area contributed by atoms with Crippen LogP contribution in [0.4, 0.5) is 0 Å². The topological polar surface area (TPSA) is 21.3 Å². The highest BCUT2D eigenvalue weighted by atomic mass is 35.5. The summed E-state index contributed by atoms with van der Waals surface area (Å²) in [5, 5.41) is 4.38. The molecule has 0 bridgehead atoms. The van der Waals surface area contributed by atoms with E-state index >= 15 is 0 Å². The Kier molecular flexibility index (Phi) is 5.65. The molecule has 0 saturated carbocycles. The van der Waals surface area contributed by atoms with Crippen LogP contribution in [0, 0.1) is 0 Å². The highest BCUT2D eigenvalue weighted by Crippen LogP contribution is 2.19. The zero-order chi connectivity index (χ0) is 11.9. The Morgan fingerprint density at radius 3 is 2.65 bits per heavy atom. The van der Waals surface area contributed by atoms with Crippen LogP contribution in [0.1, 0.15) is 12.8 Å². The fraction of sp³-hybridized carbons (Fsp3) is 0.538. The number of hydrogen-bond donors (Lipinski definition) is 1. The Hall–Kier alpha value is -0.220. The summed E-state index contributed by atoms with van der Waals surface area (Å²) in [7, 11) is 0. The third-order valence-electron chi connectivity index (χ3n) is 2.84. The van der Waals surface area contributed by atoms with E-state index in [1.165, 1.54) is 4.90 Å². The molecule has 1 aromatic carbocycles. The number of hydrogen-bond acceptors (Lipinski definition) is 3. The summed E-state index contributed by atoms with van der Waals surface area (Å²) >= 11 is 7.71. The molecular weight excluding hydrogens is 254 g/mol. The van der Waals surface area contributed by atoms with Gasteiger partial charge in [0.25, 0.3) is 0 Å². The van der Waals surface area contributed by atoms with Crippen LogP contribution < -0.4 is 5.32 Å². The van der Waals surface area contributed by atoms with Gasteiger partial charge in [0.05, 0.1) is 0 Å². The molecule has 17 heavy (non-hydrogen) atoms. The van der Waals surface area contributed by atoms with Crippen molar-refractivity contribution in [2.75, 3.05) is 25.5 Å². The van der Waals surface area contributed by atoms with Gasteiger partial charge in [-0.05, 0) is 37.1 Å². The molecule has 1 saturated heterocycles. The lowest BCUT2D eigenvalue weighted by atomic mass is 10.1. The van der Waals surface area contributed by atoms with Gasteiger partial charge < -0.3 is 10.1 Å².